The van der Waals surface area contributed by atoms with Crippen LogP contribution in [0, 0.1) is 6.92 Å². The maximum atomic E-state index is 12.0. The van der Waals surface area contributed by atoms with Crippen LogP contribution in [0.3, 0.4) is 0 Å². The van der Waals surface area contributed by atoms with Gasteiger partial charge >= 0.3 is 5.97 Å². The number of hydrogen-bond donors (Lipinski definition) is 3. The number of carboxylic acid groups (broad SMARTS) is 1. The Morgan fingerprint density at radius 3 is 2.11 bits per heavy atom. The molecule has 0 bridgehead atoms. The number of aryl methyl sites for hydroxylation is 1. The van der Waals surface area contributed by atoms with Crippen LogP contribution in [0.4, 0.5) is 11.4 Å². The smallest absolute Gasteiger partial charge is 0.331 e. The molecule has 2 rings (SSSR count). The molecule has 3 N–H and O–H groups in total. The Labute approximate surface area is 161 Å². The highest BCUT2D eigenvalue weighted by atomic mass is 32.2. The third-order valence-corrected chi connectivity index (χ3v) is 4.52. The molecule has 0 aliphatic heterocycles. The lowest BCUT2D eigenvalue weighted by Gasteiger charge is -2.07. The van der Waals surface area contributed by atoms with Crippen LogP contribution in [0.2, 0.25) is 0 Å². The first-order valence-electron chi connectivity index (χ1n) is 8.15. The van der Waals surface area contributed by atoms with Crippen molar-refractivity contribution < 1.29 is 19.5 Å². The molecule has 0 unspecified atom stereocenters. The second kappa shape index (κ2) is 9.59. The Morgan fingerprint density at radius 1 is 0.963 bits per heavy atom. The highest BCUT2D eigenvalue weighted by Crippen LogP contribution is 2.21. The molecule has 0 spiro atoms. The number of nitrogens with one attached hydrogen (secondary N) is 2. The normalized spacial score (nSPS) is 11.0. The lowest BCUT2D eigenvalue weighted by atomic mass is 10.2. The molecule has 7 heteroatoms. The average Bonchev–Trinajstić information content (AvgIpc) is 2.63. The topological polar surface area (TPSA) is 95.5 Å². The summed E-state index contributed by atoms with van der Waals surface area (Å²) in [6, 6.07) is 14.5. The van der Waals surface area contributed by atoms with E-state index >= 15 is 0 Å². The Balaban J connectivity index is 1.83. The first-order valence-corrected chi connectivity index (χ1v) is 9.14. The van der Waals surface area contributed by atoms with Crippen molar-refractivity contribution >= 4 is 40.9 Å². The van der Waals surface area contributed by atoms with E-state index in [9.17, 15) is 14.4 Å². The average molecular weight is 384 g/mol. The van der Waals surface area contributed by atoms with Gasteiger partial charge in [-0.25, -0.2) is 4.79 Å². The SMILES string of the molecule is CC(=CC(=O)Nc1ccc(SCC(=O)Nc2ccc(C)cc2)cc1)C(=O)O. The van der Waals surface area contributed by atoms with Gasteiger partial charge in [0.25, 0.3) is 0 Å². The van der Waals surface area contributed by atoms with Crippen LogP contribution < -0.4 is 10.6 Å². The van der Waals surface area contributed by atoms with E-state index < -0.39 is 11.9 Å². The Hall–Kier alpha value is -3.06. The van der Waals surface area contributed by atoms with Crippen molar-refractivity contribution in [1.82, 2.24) is 0 Å². The summed E-state index contributed by atoms with van der Waals surface area (Å²) in [5, 5.41) is 14.2. The molecule has 0 aliphatic rings. The van der Waals surface area contributed by atoms with Gasteiger partial charge in [0.15, 0.2) is 0 Å². The zero-order valence-corrected chi connectivity index (χ0v) is 15.8. The van der Waals surface area contributed by atoms with Crippen LogP contribution in [-0.4, -0.2) is 28.6 Å². The zero-order chi connectivity index (χ0) is 19.8. The molecule has 2 aromatic rings. The van der Waals surface area contributed by atoms with Gasteiger partial charge < -0.3 is 15.7 Å². The minimum atomic E-state index is -1.14. The Morgan fingerprint density at radius 2 is 1.52 bits per heavy atom. The summed E-state index contributed by atoms with van der Waals surface area (Å²) < 4.78 is 0. The predicted molar refractivity (Wildman–Crippen MR) is 107 cm³/mol. The largest absolute Gasteiger partial charge is 0.478 e. The number of amides is 2. The van der Waals surface area contributed by atoms with Gasteiger partial charge in [-0.15, -0.1) is 11.8 Å². The summed E-state index contributed by atoms with van der Waals surface area (Å²) in [4.78, 5) is 35.3. The molecule has 2 amide bonds. The van der Waals surface area contributed by atoms with Crippen LogP contribution in [0.1, 0.15) is 12.5 Å². The van der Waals surface area contributed by atoms with Crippen molar-refractivity contribution in [3.8, 4) is 0 Å². The van der Waals surface area contributed by atoms with Crippen LogP contribution in [0.5, 0.6) is 0 Å². The van der Waals surface area contributed by atoms with Gasteiger partial charge in [-0.3, -0.25) is 9.59 Å². The summed E-state index contributed by atoms with van der Waals surface area (Å²) >= 11 is 1.38. The van der Waals surface area contributed by atoms with Gasteiger partial charge in [-0.2, -0.15) is 0 Å². The van der Waals surface area contributed by atoms with Gasteiger partial charge in [-0.05, 0) is 50.2 Å². The molecule has 0 aromatic heterocycles. The summed E-state index contributed by atoms with van der Waals surface area (Å²) in [5.41, 5.74) is 2.39. The highest BCUT2D eigenvalue weighted by molar-refractivity contribution is 8.00. The molecule has 0 heterocycles. The van der Waals surface area contributed by atoms with E-state index in [0.29, 0.717) is 5.69 Å². The number of benzene rings is 2. The van der Waals surface area contributed by atoms with Crippen LogP contribution in [0.15, 0.2) is 65.1 Å². The van der Waals surface area contributed by atoms with Crippen LogP contribution in [0.25, 0.3) is 0 Å². The second-order valence-electron chi connectivity index (χ2n) is 5.85. The predicted octanol–water partition coefficient (Wildman–Crippen LogP) is 3.70. The fourth-order valence-corrected chi connectivity index (χ4v) is 2.75. The minimum absolute atomic E-state index is 0.0423. The third-order valence-electron chi connectivity index (χ3n) is 3.51. The Kier molecular flexibility index (Phi) is 7.19. The molecule has 140 valence electrons. The number of hydrogen-bond acceptors (Lipinski definition) is 4. The van der Waals surface area contributed by atoms with E-state index in [4.69, 9.17) is 5.11 Å². The highest BCUT2D eigenvalue weighted by Gasteiger charge is 2.06. The molecule has 0 fully saturated rings. The van der Waals surface area contributed by atoms with E-state index in [2.05, 4.69) is 10.6 Å². The van der Waals surface area contributed by atoms with Crippen molar-refractivity contribution in [2.24, 2.45) is 0 Å². The van der Waals surface area contributed by atoms with E-state index in [1.54, 1.807) is 24.3 Å². The fourth-order valence-electron chi connectivity index (χ4n) is 2.05. The van der Waals surface area contributed by atoms with Gasteiger partial charge in [0.1, 0.15) is 0 Å². The minimum Gasteiger partial charge on any atom is -0.478 e. The number of carboxylic acids is 1. The number of aliphatic carboxylic acids is 1. The number of thioether (sulfide) groups is 1. The van der Waals surface area contributed by atoms with E-state index in [1.165, 1.54) is 18.7 Å². The van der Waals surface area contributed by atoms with Gasteiger partial charge in [-0.1, -0.05) is 17.7 Å². The van der Waals surface area contributed by atoms with E-state index in [-0.39, 0.29) is 17.2 Å². The summed E-state index contributed by atoms with van der Waals surface area (Å²) in [6.45, 7) is 3.33. The van der Waals surface area contributed by atoms with Crippen molar-refractivity contribution in [3.05, 3.63) is 65.7 Å². The number of rotatable bonds is 7. The second-order valence-corrected chi connectivity index (χ2v) is 6.90. The fraction of sp³-hybridized carbons (Fsp3) is 0.150. The first kappa shape index (κ1) is 20.3. The van der Waals surface area contributed by atoms with Crippen molar-refractivity contribution in [2.45, 2.75) is 18.7 Å². The maximum Gasteiger partial charge on any atom is 0.331 e. The quantitative estimate of drug-likeness (QED) is 0.500. The monoisotopic (exact) mass is 384 g/mol. The standard InChI is InChI=1S/C20H20N2O4S/c1-13-3-5-15(6-4-13)22-19(24)12-27-17-9-7-16(8-10-17)21-18(23)11-14(2)20(25)26/h3-11H,12H2,1-2H3,(H,21,23)(H,22,24)(H,25,26). The summed E-state index contributed by atoms with van der Waals surface area (Å²) in [7, 11) is 0. The number of carbonyl (C=O) groups excluding carboxylic acids is 2. The molecule has 2 aromatic carbocycles. The molecular weight excluding hydrogens is 364 g/mol. The van der Waals surface area contributed by atoms with Crippen LogP contribution >= 0.6 is 11.8 Å². The van der Waals surface area contributed by atoms with Gasteiger partial charge in [0.2, 0.25) is 11.8 Å². The van der Waals surface area contributed by atoms with E-state index in [0.717, 1.165) is 22.2 Å². The van der Waals surface area contributed by atoms with Crippen molar-refractivity contribution in [2.75, 3.05) is 16.4 Å². The van der Waals surface area contributed by atoms with Crippen LogP contribution in [-0.2, 0) is 14.4 Å². The zero-order valence-electron chi connectivity index (χ0n) is 15.0. The van der Waals surface area contributed by atoms with Gasteiger partial charge in [0.05, 0.1) is 5.75 Å². The molecule has 0 radical (unpaired) electrons. The number of anilines is 2. The number of carbonyl (C=O) groups is 3. The lowest BCUT2D eigenvalue weighted by molar-refractivity contribution is -0.132. The third kappa shape index (κ3) is 6.99. The summed E-state index contributed by atoms with van der Waals surface area (Å²) in [6.07, 6.45) is 1.03. The molecule has 6 nitrogen and oxygen atoms in total. The molecule has 0 saturated heterocycles. The lowest BCUT2D eigenvalue weighted by Crippen LogP contribution is -2.13. The Bertz CT molecular complexity index is 859. The van der Waals surface area contributed by atoms with Crippen molar-refractivity contribution in [1.29, 1.82) is 0 Å². The molecule has 27 heavy (non-hydrogen) atoms. The molecule has 0 atom stereocenters. The summed E-state index contributed by atoms with van der Waals surface area (Å²) in [5.74, 6) is -1.48. The van der Waals surface area contributed by atoms with Gasteiger partial charge in [0, 0.05) is 27.9 Å². The van der Waals surface area contributed by atoms with Crippen molar-refractivity contribution in [3.63, 3.8) is 0 Å². The van der Waals surface area contributed by atoms with E-state index in [1.807, 2.05) is 31.2 Å². The molecule has 0 aliphatic carbocycles. The molecule has 0 saturated carbocycles. The first-order chi connectivity index (χ1) is 12.8. The maximum absolute atomic E-state index is 12.0. The molecular formula is C20H20N2O4S.